The molecular weight excluding hydrogens is 304 g/mol. The van der Waals surface area contributed by atoms with E-state index in [4.69, 9.17) is 0 Å². The first kappa shape index (κ1) is 17.1. The maximum Gasteiger partial charge on any atom is 0.153 e. The minimum atomic E-state index is -0.986. The number of ketones is 3. The quantitative estimate of drug-likeness (QED) is 0.779. The molecule has 0 bridgehead atoms. The van der Waals surface area contributed by atoms with Crippen molar-refractivity contribution in [3.63, 3.8) is 0 Å². The highest BCUT2D eigenvalue weighted by molar-refractivity contribution is 6.21. The highest BCUT2D eigenvalue weighted by Gasteiger charge is 2.46. The zero-order chi connectivity index (χ0) is 17.6. The first-order chi connectivity index (χ1) is 11.3. The van der Waals surface area contributed by atoms with Crippen LogP contribution in [0.25, 0.3) is 0 Å². The molecule has 0 spiro atoms. The summed E-state index contributed by atoms with van der Waals surface area (Å²) in [6.45, 7) is 9.05. The molecule has 24 heavy (non-hydrogen) atoms. The van der Waals surface area contributed by atoms with Gasteiger partial charge in [0.05, 0.1) is 5.69 Å². The SMILES string of the molecule is Cc1nn(CC(C)C)c(C)c1C1CC(=O)C(C(=O)C2CC2)C(=O)C1. The van der Waals surface area contributed by atoms with Gasteiger partial charge >= 0.3 is 0 Å². The Bertz CT molecular complexity index is 680. The minimum Gasteiger partial charge on any atom is -0.298 e. The molecule has 2 fully saturated rings. The van der Waals surface area contributed by atoms with Crippen molar-refractivity contribution in [1.82, 2.24) is 9.78 Å². The van der Waals surface area contributed by atoms with Crippen LogP contribution >= 0.6 is 0 Å². The second-order valence-electron chi connectivity index (χ2n) is 7.81. The van der Waals surface area contributed by atoms with Gasteiger partial charge in [-0.1, -0.05) is 13.8 Å². The summed E-state index contributed by atoms with van der Waals surface area (Å²) in [6, 6.07) is 0. The Morgan fingerprint density at radius 3 is 2.25 bits per heavy atom. The van der Waals surface area contributed by atoms with Crippen molar-refractivity contribution in [2.75, 3.05) is 0 Å². The van der Waals surface area contributed by atoms with Crippen LogP contribution in [-0.4, -0.2) is 27.1 Å². The molecule has 0 atom stereocenters. The third-order valence-corrected chi connectivity index (χ3v) is 5.19. The smallest absolute Gasteiger partial charge is 0.153 e. The van der Waals surface area contributed by atoms with E-state index in [-0.39, 0.29) is 42.0 Å². The van der Waals surface area contributed by atoms with Crippen LogP contribution in [-0.2, 0) is 20.9 Å². The molecule has 0 amide bonds. The first-order valence-electron chi connectivity index (χ1n) is 8.92. The molecule has 0 N–H and O–H groups in total. The maximum atomic E-state index is 12.5. The number of hydrogen-bond donors (Lipinski definition) is 0. The normalized spacial score (nSPS) is 24.7. The predicted molar refractivity (Wildman–Crippen MR) is 89.7 cm³/mol. The van der Waals surface area contributed by atoms with Gasteiger partial charge in [0.15, 0.2) is 17.3 Å². The summed E-state index contributed by atoms with van der Waals surface area (Å²) in [5, 5.41) is 4.60. The number of carbonyl (C=O) groups excluding carboxylic acids is 3. The van der Waals surface area contributed by atoms with E-state index in [1.165, 1.54) is 0 Å². The average Bonchev–Trinajstić information content (AvgIpc) is 3.26. The molecule has 5 nitrogen and oxygen atoms in total. The summed E-state index contributed by atoms with van der Waals surface area (Å²) in [5.74, 6) is -1.20. The van der Waals surface area contributed by atoms with Crippen molar-refractivity contribution in [2.24, 2.45) is 17.8 Å². The number of Topliss-reactive ketones (excluding diaryl/α,β-unsaturated/α-hetero) is 3. The van der Waals surface area contributed by atoms with E-state index < -0.39 is 5.92 Å². The van der Waals surface area contributed by atoms with Crippen molar-refractivity contribution in [3.8, 4) is 0 Å². The van der Waals surface area contributed by atoms with Crippen molar-refractivity contribution in [1.29, 1.82) is 0 Å². The Morgan fingerprint density at radius 1 is 1.17 bits per heavy atom. The van der Waals surface area contributed by atoms with Crippen LogP contribution in [0, 0.1) is 31.6 Å². The molecule has 0 aromatic carbocycles. The zero-order valence-electron chi connectivity index (χ0n) is 15.0. The van der Waals surface area contributed by atoms with Gasteiger partial charge in [0.25, 0.3) is 0 Å². The Labute approximate surface area is 142 Å². The lowest BCUT2D eigenvalue weighted by molar-refractivity contribution is -0.143. The molecule has 2 aliphatic carbocycles. The fourth-order valence-corrected chi connectivity index (χ4v) is 3.92. The summed E-state index contributed by atoms with van der Waals surface area (Å²) in [7, 11) is 0. The molecular formula is C19H26N2O3. The van der Waals surface area contributed by atoms with Gasteiger partial charge in [-0.2, -0.15) is 5.10 Å². The molecule has 5 heteroatoms. The van der Waals surface area contributed by atoms with Gasteiger partial charge in [0.2, 0.25) is 0 Å². The third kappa shape index (κ3) is 3.08. The lowest BCUT2D eigenvalue weighted by atomic mass is 9.74. The summed E-state index contributed by atoms with van der Waals surface area (Å²) in [6.07, 6.45) is 2.23. The molecule has 130 valence electrons. The molecule has 3 rings (SSSR count). The molecule has 2 saturated carbocycles. The van der Waals surface area contributed by atoms with E-state index in [1.807, 2.05) is 18.5 Å². The fourth-order valence-electron chi connectivity index (χ4n) is 3.92. The number of hydrogen-bond acceptors (Lipinski definition) is 4. The molecule has 0 unspecified atom stereocenters. The van der Waals surface area contributed by atoms with E-state index in [1.54, 1.807) is 0 Å². The Kier molecular flexibility index (Phi) is 4.45. The summed E-state index contributed by atoms with van der Waals surface area (Å²) < 4.78 is 1.98. The monoisotopic (exact) mass is 330 g/mol. The molecule has 1 aromatic heterocycles. The van der Waals surface area contributed by atoms with Gasteiger partial charge in [0.1, 0.15) is 5.92 Å². The number of aryl methyl sites for hydroxylation is 1. The van der Waals surface area contributed by atoms with Crippen LogP contribution in [0.3, 0.4) is 0 Å². The Morgan fingerprint density at radius 2 is 1.75 bits per heavy atom. The Balaban J connectivity index is 1.82. The fraction of sp³-hybridized carbons (Fsp3) is 0.684. The van der Waals surface area contributed by atoms with Gasteiger partial charge in [-0.15, -0.1) is 0 Å². The molecule has 1 aromatic rings. The number of rotatable bonds is 5. The molecule has 1 heterocycles. The summed E-state index contributed by atoms with van der Waals surface area (Å²) in [4.78, 5) is 37.2. The predicted octanol–water partition coefficient (Wildman–Crippen LogP) is 2.77. The van der Waals surface area contributed by atoms with Crippen LogP contribution in [0.5, 0.6) is 0 Å². The largest absolute Gasteiger partial charge is 0.298 e. The molecule has 0 aliphatic heterocycles. The van der Waals surface area contributed by atoms with E-state index >= 15 is 0 Å². The van der Waals surface area contributed by atoms with Crippen molar-refractivity contribution in [3.05, 3.63) is 17.0 Å². The lowest BCUT2D eigenvalue weighted by Gasteiger charge is -2.26. The highest BCUT2D eigenvalue weighted by Crippen LogP contribution is 2.39. The van der Waals surface area contributed by atoms with E-state index in [9.17, 15) is 14.4 Å². The number of aromatic nitrogens is 2. The number of nitrogens with zero attached hydrogens (tertiary/aromatic N) is 2. The average molecular weight is 330 g/mol. The van der Waals surface area contributed by atoms with Crippen molar-refractivity contribution < 1.29 is 14.4 Å². The van der Waals surface area contributed by atoms with Crippen LogP contribution in [0.4, 0.5) is 0 Å². The van der Waals surface area contributed by atoms with E-state index in [2.05, 4.69) is 18.9 Å². The van der Waals surface area contributed by atoms with Crippen LogP contribution < -0.4 is 0 Å². The lowest BCUT2D eigenvalue weighted by Crippen LogP contribution is -2.39. The molecule has 2 aliphatic rings. The maximum absolute atomic E-state index is 12.5. The third-order valence-electron chi connectivity index (χ3n) is 5.19. The minimum absolute atomic E-state index is 0.0447. The van der Waals surface area contributed by atoms with E-state index in [0.717, 1.165) is 36.3 Å². The molecule has 0 saturated heterocycles. The Hall–Kier alpha value is -1.78. The van der Waals surface area contributed by atoms with Crippen molar-refractivity contribution >= 4 is 17.3 Å². The second-order valence-corrected chi connectivity index (χ2v) is 7.81. The van der Waals surface area contributed by atoms with Gasteiger partial charge < -0.3 is 0 Å². The topological polar surface area (TPSA) is 69.0 Å². The van der Waals surface area contributed by atoms with Crippen molar-refractivity contribution in [2.45, 2.75) is 65.8 Å². The molecule has 0 radical (unpaired) electrons. The second kappa shape index (κ2) is 6.26. The first-order valence-corrected chi connectivity index (χ1v) is 8.92. The summed E-state index contributed by atoms with van der Waals surface area (Å²) in [5.41, 5.74) is 2.96. The van der Waals surface area contributed by atoms with Crippen LogP contribution in [0.1, 0.15) is 62.4 Å². The zero-order valence-corrected chi connectivity index (χ0v) is 15.0. The highest BCUT2D eigenvalue weighted by atomic mass is 16.2. The van der Waals surface area contributed by atoms with Gasteiger partial charge in [-0.05, 0) is 38.2 Å². The van der Waals surface area contributed by atoms with Gasteiger partial charge in [-0.3, -0.25) is 19.1 Å². The summed E-state index contributed by atoms with van der Waals surface area (Å²) >= 11 is 0. The van der Waals surface area contributed by atoms with Gasteiger partial charge in [-0.25, -0.2) is 0 Å². The van der Waals surface area contributed by atoms with Crippen LogP contribution in [0.2, 0.25) is 0 Å². The number of carbonyl (C=O) groups is 3. The standard InChI is InChI=1S/C19H26N2O3/c1-10(2)9-21-12(4)17(11(3)20-21)14-7-15(22)18(16(23)8-14)19(24)13-5-6-13/h10,13-14,18H,5-9H2,1-4H3. The van der Waals surface area contributed by atoms with Gasteiger partial charge in [0, 0.05) is 36.9 Å². The van der Waals surface area contributed by atoms with Crippen LogP contribution in [0.15, 0.2) is 0 Å². The van der Waals surface area contributed by atoms with E-state index in [0.29, 0.717) is 5.92 Å².